The van der Waals surface area contributed by atoms with Gasteiger partial charge in [-0.3, -0.25) is 9.97 Å². The van der Waals surface area contributed by atoms with E-state index in [0.717, 1.165) is 54.9 Å². The van der Waals surface area contributed by atoms with E-state index in [9.17, 15) is 0 Å². The molecular weight excluding hydrogens is 705 g/mol. The van der Waals surface area contributed by atoms with E-state index in [1.54, 1.807) is 12.4 Å². The summed E-state index contributed by atoms with van der Waals surface area (Å²) in [5, 5.41) is 6.94. The molecule has 0 aliphatic heterocycles. The topological polar surface area (TPSA) is 38.9 Å². The highest BCUT2D eigenvalue weighted by Crippen LogP contribution is 2.51. The van der Waals surface area contributed by atoms with Gasteiger partial charge in [0.2, 0.25) is 0 Å². The molecule has 0 atom stereocenters. The van der Waals surface area contributed by atoms with E-state index in [2.05, 4.69) is 172 Å². The molecule has 0 amide bonds. The molecular formula is C55H36N2O. The number of nitrogens with zero attached hydrogens (tertiary/aromatic N) is 2. The van der Waals surface area contributed by atoms with Gasteiger partial charge in [-0.2, -0.15) is 0 Å². The van der Waals surface area contributed by atoms with Crippen molar-refractivity contribution < 1.29 is 4.42 Å². The first-order valence-electron chi connectivity index (χ1n) is 20.0. The second kappa shape index (κ2) is 12.3. The third-order valence-corrected chi connectivity index (χ3v) is 12.6. The van der Waals surface area contributed by atoms with Crippen molar-refractivity contribution >= 4 is 54.5 Å². The van der Waals surface area contributed by atoms with E-state index in [0.29, 0.717) is 0 Å². The second-order valence-electron chi connectivity index (χ2n) is 16.1. The van der Waals surface area contributed by atoms with Crippen LogP contribution in [0, 0.1) is 0 Å². The quantitative estimate of drug-likeness (QED) is 0.169. The van der Waals surface area contributed by atoms with E-state index < -0.39 is 0 Å². The van der Waals surface area contributed by atoms with Crippen LogP contribution < -0.4 is 0 Å². The first kappa shape index (κ1) is 32.8. The van der Waals surface area contributed by atoms with Crippen molar-refractivity contribution in [2.24, 2.45) is 0 Å². The molecule has 0 radical (unpaired) electrons. The summed E-state index contributed by atoms with van der Waals surface area (Å²) in [4.78, 5) is 9.46. The third-order valence-electron chi connectivity index (χ3n) is 12.6. The molecule has 2 aromatic heterocycles. The van der Waals surface area contributed by atoms with Gasteiger partial charge in [-0.1, -0.05) is 153 Å². The first-order valence-corrected chi connectivity index (χ1v) is 20.0. The molecule has 11 aromatic rings. The SMILES string of the molecule is CC1(C)c2cc(-c3ccc(-c4cccc5c4oc4ccccc45)cc3)ccc2-c2ccc(-c3cccc(-c4ccc5c(c4)c4ccccc4c4nccnc54)c3)cc21. The molecule has 0 bridgehead atoms. The lowest BCUT2D eigenvalue weighted by molar-refractivity contribution is 0.661. The van der Waals surface area contributed by atoms with E-state index >= 15 is 0 Å². The molecule has 0 saturated heterocycles. The Morgan fingerprint density at radius 2 is 0.879 bits per heavy atom. The Bertz CT molecular complexity index is 3450. The highest BCUT2D eigenvalue weighted by molar-refractivity contribution is 6.23. The molecule has 0 unspecified atom stereocenters. The number of benzene rings is 9. The zero-order valence-electron chi connectivity index (χ0n) is 32.1. The van der Waals surface area contributed by atoms with Gasteiger partial charge in [-0.15, -0.1) is 0 Å². The molecule has 1 aliphatic carbocycles. The Labute approximate surface area is 335 Å². The molecule has 0 spiro atoms. The van der Waals surface area contributed by atoms with Crippen molar-refractivity contribution in [2.75, 3.05) is 0 Å². The minimum absolute atomic E-state index is 0.157. The summed E-state index contributed by atoms with van der Waals surface area (Å²) in [6.45, 7) is 4.73. The van der Waals surface area contributed by atoms with Crippen LogP contribution in [0.3, 0.4) is 0 Å². The maximum atomic E-state index is 6.35. The largest absolute Gasteiger partial charge is 0.455 e. The van der Waals surface area contributed by atoms with Crippen LogP contribution in [0.15, 0.2) is 187 Å². The summed E-state index contributed by atoms with van der Waals surface area (Å²) >= 11 is 0. The average molecular weight is 741 g/mol. The molecule has 3 heteroatoms. The molecule has 272 valence electrons. The average Bonchev–Trinajstić information content (AvgIpc) is 3.78. The number of para-hydroxylation sites is 2. The van der Waals surface area contributed by atoms with Gasteiger partial charge in [0.25, 0.3) is 0 Å². The van der Waals surface area contributed by atoms with Crippen LogP contribution in [0.5, 0.6) is 0 Å². The minimum atomic E-state index is -0.157. The molecule has 3 nitrogen and oxygen atoms in total. The number of hydrogen-bond acceptors (Lipinski definition) is 3. The second-order valence-corrected chi connectivity index (χ2v) is 16.1. The van der Waals surface area contributed by atoms with Crippen molar-refractivity contribution in [3.05, 3.63) is 193 Å². The smallest absolute Gasteiger partial charge is 0.143 e. The van der Waals surface area contributed by atoms with Crippen LogP contribution in [0.25, 0.3) is 110 Å². The summed E-state index contributed by atoms with van der Waals surface area (Å²) in [6.07, 6.45) is 3.57. The predicted octanol–water partition coefficient (Wildman–Crippen LogP) is 14.8. The third kappa shape index (κ3) is 4.86. The number of rotatable bonds is 4. The fourth-order valence-electron chi connectivity index (χ4n) is 9.60. The fraction of sp³-hybridized carbons (Fsp3) is 0.0545. The summed E-state index contributed by atoms with van der Waals surface area (Å²) in [6, 6.07) is 61.9. The van der Waals surface area contributed by atoms with Crippen molar-refractivity contribution in [2.45, 2.75) is 19.3 Å². The Morgan fingerprint density at radius 1 is 0.362 bits per heavy atom. The highest BCUT2D eigenvalue weighted by atomic mass is 16.3. The van der Waals surface area contributed by atoms with Crippen LogP contribution in [-0.4, -0.2) is 9.97 Å². The highest BCUT2D eigenvalue weighted by Gasteiger charge is 2.36. The first-order chi connectivity index (χ1) is 28.5. The number of aromatic nitrogens is 2. The molecule has 0 fully saturated rings. The van der Waals surface area contributed by atoms with Crippen LogP contribution in [0.4, 0.5) is 0 Å². The van der Waals surface area contributed by atoms with E-state index in [-0.39, 0.29) is 5.41 Å². The normalized spacial score (nSPS) is 13.1. The zero-order valence-corrected chi connectivity index (χ0v) is 32.1. The Balaban J connectivity index is 0.872. The molecule has 12 rings (SSSR count). The van der Waals surface area contributed by atoms with E-state index in [1.807, 2.05) is 12.1 Å². The Morgan fingerprint density at radius 3 is 1.60 bits per heavy atom. The monoisotopic (exact) mass is 740 g/mol. The van der Waals surface area contributed by atoms with Crippen molar-refractivity contribution in [3.63, 3.8) is 0 Å². The molecule has 0 saturated carbocycles. The van der Waals surface area contributed by atoms with Gasteiger partial charge in [0.15, 0.2) is 0 Å². The van der Waals surface area contributed by atoms with Gasteiger partial charge in [-0.05, 0) is 102 Å². The number of fused-ring (bicyclic) bond motifs is 12. The van der Waals surface area contributed by atoms with Crippen molar-refractivity contribution in [1.29, 1.82) is 0 Å². The standard InChI is InChI=1S/C55H36N2O/c1-55(2)49-31-38(33-17-19-34(20-18-33)40-14-8-15-47-44-12-5-6-16-51(44)58-54(40)47)21-24-42(49)43-25-22-39(32-50(43)55)36-10-7-9-35(29-36)37-23-26-46-48(30-37)41-11-3-4-13-45(41)52-53(46)57-28-27-56-52/h3-32H,1-2H3. The van der Waals surface area contributed by atoms with Crippen molar-refractivity contribution in [1.82, 2.24) is 9.97 Å². The zero-order chi connectivity index (χ0) is 38.5. The van der Waals surface area contributed by atoms with Gasteiger partial charge in [0.1, 0.15) is 11.2 Å². The van der Waals surface area contributed by atoms with E-state index in [1.165, 1.54) is 66.4 Å². The fourth-order valence-corrected chi connectivity index (χ4v) is 9.60. The maximum Gasteiger partial charge on any atom is 0.143 e. The lowest BCUT2D eigenvalue weighted by atomic mass is 9.80. The molecule has 0 N–H and O–H groups in total. The van der Waals surface area contributed by atoms with Gasteiger partial charge in [0, 0.05) is 44.9 Å². The van der Waals surface area contributed by atoms with Crippen LogP contribution in [0.2, 0.25) is 0 Å². The summed E-state index contributed by atoms with van der Waals surface area (Å²) in [5.74, 6) is 0. The maximum absolute atomic E-state index is 6.35. The van der Waals surface area contributed by atoms with Crippen LogP contribution in [-0.2, 0) is 5.41 Å². The predicted molar refractivity (Wildman–Crippen MR) is 241 cm³/mol. The summed E-state index contributed by atoms with van der Waals surface area (Å²) in [7, 11) is 0. The van der Waals surface area contributed by atoms with Gasteiger partial charge < -0.3 is 4.42 Å². The lowest BCUT2D eigenvalue weighted by Crippen LogP contribution is -2.15. The van der Waals surface area contributed by atoms with E-state index in [4.69, 9.17) is 14.4 Å². The summed E-state index contributed by atoms with van der Waals surface area (Å²) in [5.41, 5.74) is 18.5. The number of hydrogen-bond donors (Lipinski definition) is 0. The van der Waals surface area contributed by atoms with Gasteiger partial charge in [-0.25, -0.2) is 0 Å². The van der Waals surface area contributed by atoms with Gasteiger partial charge in [0.05, 0.1) is 11.0 Å². The molecule has 1 aliphatic rings. The Hall–Kier alpha value is -7.36. The lowest BCUT2D eigenvalue weighted by Gasteiger charge is -2.23. The summed E-state index contributed by atoms with van der Waals surface area (Å²) < 4.78 is 6.35. The molecule has 58 heavy (non-hydrogen) atoms. The van der Waals surface area contributed by atoms with Crippen LogP contribution in [0.1, 0.15) is 25.0 Å². The van der Waals surface area contributed by atoms with Gasteiger partial charge >= 0.3 is 0 Å². The Kier molecular flexibility index (Phi) is 6.98. The number of furan rings is 1. The minimum Gasteiger partial charge on any atom is -0.455 e. The molecule has 9 aromatic carbocycles. The van der Waals surface area contributed by atoms with Crippen molar-refractivity contribution in [3.8, 4) is 55.6 Å². The van der Waals surface area contributed by atoms with Crippen LogP contribution >= 0.6 is 0 Å². The molecule has 2 heterocycles.